The highest BCUT2D eigenvalue weighted by molar-refractivity contribution is 6.00. The average Bonchev–Trinajstić information content (AvgIpc) is 3.26. The number of aromatic nitrogens is 1. The number of rotatable bonds is 9. The van der Waals surface area contributed by atoms with E-state index in [-0.39, 0.29) is 5.91 Å². The average molecular weight is 465 g/mol. The number of carbonyl (C=O) groups is 2. The largest absolute Gasteiger partial charge is 0.478 e. The summed E-state index contributed by atoms with van der Waals surface area (Å²) in [7, 11) is 0. The van der Waals surface area contributed by atoms with Crippen molar-refractivity contribution in [3.63, 3.8) is 0 Å². The van der Waals surface area contributed by atoms with Crippen LogP contribution >= 0.6 is 0 Å². The molecule has 4 rings (SSSR count). The van der Waals surface area contributed by atoms with Crippen molar-refractivity contribution in [2.75, 3.05) is 6.54 Å². The van der Waals surface area contributed by atoms with Gasteiger partial charge in [0.2, 0.25) is 5.91 Å². The van der Waals surface area contributed by atoms with E-state index in [4.69, 9.17) is 0 Å². The molecule has 1 amide bonds. The van der Waals surface area contributed by atoms with Crippen LogP contribution in [-0.4, -0.2) is 28.1 Å². The molecule has 0 fully saturated rings. The van der Waals surface area contributed by atoms with Crippen molar-refractivity contribution in [2.45, 2.75) is 19.4 Å². The predicted octanol–water partition coefficient (Wildman–Crippen LogP) is 5.83. The summed E-state index contributed by atoms with van der Waals surface area (Å²) in [5, 5.41) is 13.1. The Morgan fingerprint density at radius 2 is 1.60 bits per heavy atom. The van der Waals surface area contributed by atoms with Gasteiger partial charge in [-0.05, 0) is 42.2 Å². The quantitative estimate of drug-likeness (QED) is 0.242. The Kier molecular flexibility index (Phi) is 7.58. The maximum Gasteiger partial charge on any atom is 0.328 e. The lowest BCUT2D eigenvalue weighted by atomic mass is 10.0. The molecule has 5 heteroatoms. The first-order chi connectivity index (χ1) is 17.0. The Bertz CT molecular complexity index is 1370. The number of fused-ring (bicyclic) bond motifs is 1. The van der Waals surface area contributed by atoms with Crippen molar-refractivity contribution in [1.82, 2.24) is 9.88 Å². The molecule has 3 aromatic carbocycles. The van der Waals surface area contributed by atoms with E-state index in [0.29, 0.717) is 6.54 Å². The van der Waals surface area contributed by atoms with Gasteiger partial charge >= 0.3 is 5.97 Å². The predicted molar refractivity (Wildman–Crippen MR) is 142 cm³/mol. The number of hydrogen-bond acceptors (Lipinski definition) is 2. The lowest BCUT2D eigenvalue weighted by molar-refractivity contribution is -0.131. The molecular formula is C30H28N2O3. The van der Waals surface area contributed by atoms with E-state index in [9.17, 15) is 14.7 Å². The lowest BCUT2D eigenvalue weighted by Gasteiger charge is -2.15. The summed E-state index contributed by atoms with van der Waals surface area (Å²) >= 11 is 0. The van der Waals surface area contributed by atoms with E-state index in [1.807, 2.05) is 109 Å². The van der Waals surface area contributed by atoms with Crippen LogP contribution in [0.2, 0.25) is 0 Å². The molecule has 176 valence electrons. The zero-order chi connectivity index (χ0) is 24.6. The van der Waals surface area contributed by atoms with Crippen LogP contribution in [0.25, 0.3) is 29.1 Å². The monoisotopic (exact) mass is 464 g/mol. The summed E-state index contributed by atoms with van der Waals surface area (Å²) in [4.78, 5) is 24.2. The van der Waals surface area contributed by atoms with Gasteiger partial charge in [0.05, 0.1) is 0 Å². The third kappa shape index (κ3) is 5.95. The van der Waals surface area contributed by atoms with E-state index in [2.05, 4.69) is 5.32 Å². The number of amides is 1. The van der Waals surface area contributed by atoms with Gasteiger partial charge in [0, 0.05) is 35.3 Å². The van der Waals surface area contributed by atoms with Gasteiger partial charge in [-0.1, -0.05) is 84.9 Å². The van der Waals surface area contributed by atoms with Crippen molar-refractivity contribution in [2.24, 2.45) is 0 Å². The third-order valence-corrected chi connectivity index (χ3v) is 5.93. The number of benzene rings is 3. The fourth-order valence-electron chi connectivity index (χ4n) is 4.12. The molecule has 1 atom stereocenters. The van der Waals surface area contributed by atoms with Crippen LogP contribution in [0.5, 0.6) is 0 Å². The first kappa shape index (κ1) is 23.8. The smallest absolute Gasteiger partial charge is 0.328 e. The second-order valence-corrected chi connectivity index (χ2v) is 8.35. The molecule has 0 bridgehead atoms. The number of carboxylic acid groups (broad SMARTS) is 1. The number of carbonyl (C=O) groups excluding carboxylic acids is 1. The Balaban J connectivity index is 1.63. The third-order valence-electron chi connectivity index (χ3n) is 5.93. The Morgan fingerprint density at radius 3 is 2.31 bits per heavy atom. The molecule has 4 aromatic rings. The number of carboxylic acids is 1. The number of hydrogen-bond donors (Lipinski definition) is 2. The van der Waals surface area contributed by atoms with E-state index in [0.717, 1.165) is 40.1 Å². The molecule has 0 saturated heterocycles. The van der Waals surface area contributed by atoms with Crippen molar-refractivity contribution < 1.29 is 14.7 Å². The van der Waals surface area contributed by atoms with E-state index in [1.54, 1.807) is 6.08 Å². The molecule has 0 aliphatic carbocycles. The zero-order valence-electron chi connectivity index (χ0n) is 19.6. The molecule has 5 nitrogen and oxygen atoms in total. The van der Waals surface area contributed by atoms with Gasteiger partial charge in [0.25, 0.3) is 0 Å². The first-order valence-corrected chi connectivity index (χ1v) is 11.6. The molecule has 0 saturated carbocycles. The Labute approximate surface area is 205 Å². The standard InChI is InChI=1S/C30H28N2O3/c1-22(30(35)31-20-19-24-11-6-3-7-12-24)32-21-26(17-18-28(33)34)29-25(13-8-14-27(29)32)16-15-23-9-4-2-5-10-23/h2-18,21-22H,19-20H2,1H3,(H,31,35)(H,33,34). The fourth-order valence-corrected chi connectivity index (χ4v) is 4.12. The summed E-state index contributed by atoms with van der Waals surface area (Å²) in [5.74, 6) is -1.10. The topological polar surface area (TPSA) is 71.3 Å². The van der Waals surface area contributed by atoms with Gasteiger partial charge in [-0.15, -0.1) is 0 Å². The van der Waals surface area contributed by atoms with E-state index in [1.165, 1.54) is 5.56 Å². The van der Waals surface area contributed by atoms with Crippen LogP contribution in [0.15, 0.2) is 91.1 Å². The van der Waals surface area contributed by atoms with E-state index < -0.39 is 12.0 Å². The molecule has 0 spiro atoms. The molecule has 0 aliphatic rings. The number of aliphatic carboxylic acids is 1. The summed E-state index contributed by atoms with van der Waals surface area (Å²) in [6.45, 7) is 2.40. The highest BCUT2D eigenvalue weighted by Gasteiger charge is 2.19. The molecule has 0 radical (unpaired) electrons. The highest BCUT2D eigenvalue weighted by atomic mass is 16.4. The SMILES string of the molecule is CC(C(=O)NCCc1ccccc1)n1cc(C=CC(=O)O)c2c(C=Cc3ccccc3)cccc21. The normalized spacial score (nSPS) is 12.4. The maximum atomic E-state index is 13.0. The Morgan fingerprint density at radius 1 is 0.886 bits per heavy atom. The molecule has 1 unspecified atom stereocenters. The van der Waals surface area contributed by atoms with Crippen LogP contribution in [0.4, 0.5) is 0 Å². The van der Waals surface area contributed by atoms with Crippen LogP contribution in [-0.2, 0) is 16.0 Å². The van der Waals surface area contributed by atoms with Gasteiger partial charge in [-0.3, -0.25) is 4.79 Å². The van der Waals surface area contributed by atoms with Crippen molar-refractivity contribution in [3.8, 4) is 0 Å². The molecule has 1 aromatic heterocycles. The highest BCUT2D eigenvalue weighted by Crippen LogP contribution is 2.30. The molecule has 1 heterocycles. The summed E-state index contributed by atoms with van der Waals surface area (Å²) in [6, 6.07) is 25.5. The van der Waals surface area contributed by atoms with Crippen LogP contribution in [0.1, 0.15) is 35.2 Å². The second kappa shape index (κ2) is 11.2. The zero-order valence-corrected chi connectivity index (χ0v) is 19.6. The first-order valence-electron chi connectivity index (χ1n) is 11.6. The molecule has 35 heavy (non-hydrogen) atoms. The molecule has 0 aliphatic heterocycles. The number of nitrogens with one attached hydrogen (secondary N) is 1. The van der Waals surface area contributed by atoms with Crippen LogP contribution in [0.3, 0.4) is 0 Å². The molecule has 2 N–H and O–H groups in total. The maximum absolute atomic E-state index is 13.0. The minimum atomic E-state index is -1.02. The minimum absolute atomic E-state index is 0.0863. The summed E-state index contributed by atoms with van der Waals surface area (Å²) in [6.07, 6.45) is 9.36. The van der Waals surface area contributed by atoms with Crippen molar-refractivity contribution in [3.05, 3.63) is 113 Å². The van der Waals surface area contributed by atoms with Gasteiger partial charge in [-0.2, -0.15) is 0 Å². The van der Waals surface area contributed by atoms with Gasteiger partial charge in [-0.25, -0.2) is 4.79 Å². The molecular weight excluding hydrogens is 436 g/mol. The Hall–Kier alpha value is -4.38. The number of nitrogens with zero attached hydrogens (tertiary/aromatic N) is 1. The van der Waals surface area contributed by atoms with Gasteiger partial charge in [0.1, 0.15) is 6.04 Å². The second-order valence-electron chi connectivity index (χ2n) is 8.35. The fraction of sp³-hybridized carbons (Fsp3) is 0.133. The van der Waals surface area contributed by atoms with Gasteiger partial charge in [0.15, 0.2) is 0 Å². The lowest BCUT2D eigenvalue weighted by Crippen LogP contribution is -2.32. The van der Waals surface area contributed by atoms with Crippen molar-refractivity contribution in [1.29, 1.82) is 0 Å². The minimum Gasteiger partial charge on any atom is -0.478 e. The van der Waals surface area contributed by atoms with Crippen LogP contribution < -0.4 is 5.32 Å². The van der Waals surface area contributed by atoms with Crippen molar-refractivity contribution >= 4 is 41.0 Å². The van der Waals surface area contributed by atoms with E-state index >= 15 is 0 Å². The summed E-state index contributed by atoms with van der Waals surface area (Å²) < 4.78 is 1.91. The summed E-state index contributed by atoms with van der Waals surface area (Å²) in [5.41, 5.74) is 4.81. The van der Waals surface area contributed by atoms with Crippen LogP contribution in [0, 0.1) is 0 Å². The van der Waals surface area contributed by atoms with Gasteiger partial charge < -0.3 is 15.0 Å².